The highest BCUT2D eigenvalue weighted by atomic mass is 19.1. The molecule has 0 unspecified atom stereocenters. The maximum absolute atomic E-state index is 14.1. The molecule has 2 aliphatic rings. The summed E-state index contributed by atoms with van der Waals surface area (Å²) in [4.78, 5) is 44.6. The molecule has 3 aromatic carbocycles. The summed E-state index contributed by atoms with van der Waals surface area (Å²) in [6, 6.07) is 20.2. The number of carbonyl (C=O) groups is 3. The lowest BCUT2D eigenvalue weighted by Gasteiger charge is -2.37. The van der Waals surface area contributed by atoms with Gasteiger partial charge in [0.2, 0.25) is 0 Å². The Morgan fingerprint density at radius 3 is 2.05 bits per heavy atom. The molecule has 0 atom stereocenters. The fourth-order valence-electron chi connectivity index (χ4n) is 4.87. The number of amides is 4. The van der Waals surface area contributed by atoms with Gasteiger partial charge in [-0.05, 0) is 55.3 Å². The lowest BCUT2D eigenvalue weighted by molar-refractivity contribution is 0.0792. The van der Waals surface area contributed by atoms with E-state index in [1.54, 1.807) is 23.1 Å². The van der Waals surface area contributed by atoms with Crippen molar-refractivity contribution in [3.8, 4) is 0 Å². The summed E-state index contributed by atoms with van der Waals surface area (Å²) in [5.41, 5.74) is 2.35. The van der Waals surface area contributed by atoms with Gasteiger partial charge in [-0.1, -0.05) is 30.3 Å². The van der Waals surface area contributed by atoms with E-state index in [0.717, 1.165) is 24.2 Å². The van der Waals surface area contributed by atoms with Gasteiger partial charge in [0.05, 0.1) is 11.1 Å². The van der Waals surface area contributed by atoms with Crippen molar-refractivity contribution >= 4 is 34.9 Å². The summed E-state index contributed by atoms with van der Waals surface area (Å²) in [6.07, 6.45) is 1.92. The Morgan fingerprint density at radius 1 is 0.658 bits per heavy atom. The fraction of sp³-hybridized carbons (Fsp3) is 0.276. The number of likely N-dealkylation sites (tertiary alicyclic amines) is 1. The molecule has 0 saturated carbocycles. The molecule has 0 aliphatic carbocycles. The highest BCUT2D eigenvalue weighted by Crippen LogP contribution is 2.29. The Labute approximate surface area is 221 Å². The zero-order valence-electron chi connectivity index (χ0n) is 21.0. The normalized spacial score (nSPS) is 15.3. The number of rotatable bonds is 5. The predicted molar refractivity (Wildman–Crippen MR) is 145 cm³/mol. The highest BCUT2D eigenvalue weighted by Gasteiger charge is 2.28. The van der Waals surface area contributed by atoms with Crippen molar-refractivity contribution in [1.82, 2.24) is 9.80 Å². The summed E-state index contributed by atoms with van der Waals surface area (Å²) in [5, 5.41) is 5.65. The Hall–Kier alpha value is -4.40. The molecule has 0 radical (unpaired) electrons. The van der Waals surface area contributed by atoms with Crippen molar-refractivity contribution in [3.63, 3.8) is 0 Å². The zero-order chi connectivity index (χ0) is 26.5. The van der Waals surface area contributed by atoms with E-state index in [2.05, 4.69) is 15.5 Å². The number of halogens is 1. The molecule has 2 heterocycles. The topological polar surface area (TPSA) is 85.0 Å². The minimum absolute atomic E-state index is 0.0612. The molecule has 2 N–H and O–H groups in total. The molecule has 3 aromatic rings. The van der Waals surface area contributed by atoms with E-state index in [-0.39, 0.29) is 17.5 Å². The van der Waals surface area contributed by atoms with Gasteiger partial charge in [0.25, 0.3) is 11.8 Å². The van der Waals surface area contributed by atoms with Gasteiger partial charge in [-0.2, -0.15) is 0 Å². The van der Waals surface area contributed by atoms with Gasteiger partial charge in [-0.15, -0.1) is 0 Å². The number of hydrogen-bond acceptors (Lipinski definition) is 4. The Balaban J connectivity index is 1.32. The summed E-state index contributed by atoms with van der Waals surface area (Å²) in [5.74, 6) is -1.28. The first-order valence-corrected chi connectivity index (χ1v) is 12.8. The van der Waals surface area contributed by atoms with Crippen LogP contribution in [0.5, 0.6) is 0 Å². The third kappa shape index (κ3) is 5.61. The van der Waals surface area contributed by atoms with Gasteiger partial charge < -0.3 is 25.3 Å². The summed E-state index contributed by atoms with van der Waals surface area (Å²) >= 11 is 0. The molecule has 2 saturated heterocycles. The van der Waals surface area contributed by atoms with Crippen LogP contribution in [0.25, 0.3) is 0 Å². The molecule has 9 heteroatoms. The largest absolute Gasteiger partial charge is 0.367 e. The van der Waals surface area contributed by atoms with Crippen LogP contribution in [-0.2, 0) is 0 Å². The van der Waals surface area contributed by atoms with E-state index in [1.807, 2.05) is 41.3 Å². The van der Waals surface area contributed by atoms with Crippen LogP contribution in [0.1, 0.15) is 33.6 Å². The second-order valence-corrected chi connectivity index (χ2v) is 9.44. The van der Waals surface area contributed by atoms with Crippen molar-refractivity contribution in [2.75, 3.05) is 54.8 Å². The minimum atomic E-state index is -0.607. The number of carbonyl (C=O) groups excluding carboxylic acids is 3. The van der Waals surface area contributed by atoms with Crippen LogP contribution in [0.3, 0.4) is 0 Å². The third-order valence-electron chi connectivity index (χ3n) is 6.93. The van der Waals surface area contributed by atoms with Crippen LogP contribution in [0.15, 0.2) is 72.8 Å². The van der Waals surface area contributed by atoms with Crippen molar-refractivity contribution in [2.45, 2.75) is 12.8 Å². The molecule has 0 bridgehead atoms. The fourth-order valence-corrected chi connectivity index (χ4v) is 4.87. The van der Waals surface area contributed by atoms with Crippen LogP contribution in [0.2, 0.25) is 0 Å². The van der Waals surface area contributed by atoms with Crippen molar-refractivity contribution < 1.29 is 18.8 Å². The first kappa shape index (κ1) is 25.3. The summed E-state index contributed by atoms with van der Waals surface area (Å²) in [7, 11) is 0. The molecule has 2 aliphatic heterocycles. The van der Waals surface area contributed by atoms with E-state index in [1.165, 1.54) is 18.2 Å². The van der Waals surface area contributed by atoms with Crippen molar-refractivity contribution in [1.29, 1.82) is 0 Å². The van der Waals surface area contributed by atoms with Gasteiger partial charge >= 0.3 is 6.03 Å². The van der Waals surface area contributed by atoms with Gasteiger partial charge in [-0.3, -0.25) is 9.59 Å². The van der Waals surface area contributed by atoms with E-state index >= 15 is 0 Å². The van der Waals surface area contributed by atoms with Crippen LogP contribution in [0.4, 0.5) is 26.2 Å². The van der Waals surface area contributed by atoms with Crippen LogP contribution in [-0.4, -0.2) is 66.9 Å². The standard InChI is InChI=1S/C29H30FN5O3/c30-25-11-5-4-10-23(25)27(36)31-22-12-13-26(24(20-22)28(37)34-14-6-7-15-34)33-16-18-35(19-17-33)29(38)32-21-8-2-1-3-9-21/h1-5,8-13,20H,6-7,14-19H2,(H,31,36)(H,32,38). The average Bonchev–Trinajstić information content (AvgIpc) is 3.49. The molecular formula is C29H30FN5O3. The first-order chi connectivity index (χ1) is 18.5. The number of para-hydroxylation sites is 1. The van der Waals surface area contributed by atoms with Crippen LogP contribution in [0, 0.1) is 5.82 Å². The maximum atomic E-state index is 14.1. The summed E-state index contributed by atoms with van der Waals surface area (Å²) < 4.78 is 14.1. The van der Waals surface area contributed by atoms with Gasteiger partial charge in [-0.25, -0.2) is 9.18 Å². The molecule has 196 valence electrons. The number of nitrogens with zero attached hydrogens (tertiary/aromatic N) is 3. The second-order valence-electron chi connectivity index (χ2n) is 9.44. The molecule has 2 fully saturated rings. The Kier molecular flexibility index (Phi) is 7.53. The monoisotopic (exact) mass is 515 g/mol. The number of benzene rings is 3. The number of nitrogens with one attached hydrogen (secondary N) is 2. The van der Waals surface area contributed by atoms with Gasteiger partial charge in [0.1, 0.15) is 5.82 Å². The minimum Gasteiger partial charge on any atom is -0.367 e. The molecule has 38 heavy (non-hydrogen) atoms. The molecule has 0 spiro atoms. The van der Waals surface area contributed by atoms with Crippen molar-refractivity contribution in [3.05, 3.63) is 89.7 Å². The van der Waals surface area contributed by atoms with E-state index < -0.39 is 11.7 Å². The molecule has 0 aromatic heterocycles. The SMILES string of the molecule is O=C(Nc1ccc(N2CCN(C(=O)Nc3ccccc3)CC2)c(C(=O)N2CCCC2)c1)c1ccccc1F. The molecular weight excluding hydrogens is 485 g/mol. The van der Waals surface area contributed by atoms with Gasteiger partial charge in [0.15, 0.2) is 0 Å². The van der Waals surface area contributed by atoms with E-state index in [9.17, 15) is 18.8 Å². The molecule has 8 nitrogen and oxygen atoms in total. The Morgan fingerprint density at radius 2 is 1.34 bits per heavy atom. The Bertz CT molecular complexity index is 1320. The number of urea groups is 1. The average molecular weight is 516 g/mol. The smallest absolute Gasteiger partial charge is 0.321 e. The van der Waals surface area contributed by atoms with Gasteiger partial charge in [0, 0.05) is 56.3 Å². The van der Waals surface area contributed by atoms with Crippen LogP contribution < -0.4 is 15.5 Å². The van der Waals surface area contributed by atoms with Crippen LogP contribution >= 0.6 is 0 Å². The maximum Gasteiger partial charge on any atom is 0.321 e. The number of anilines is 3. The molecule has 5 rings (SSSR count). The lowest BCUT2D eigenvalue weighted by atomic mass is 10.1. The zero-order valence-corrected chi connectivity index (χ0v) is 21.0. The van der Waals surface area contributed by atoms with Crippen molar-refractivity contribution in [2.24, 2.45) is 0 Å². The van der Waals surface area contributed by atoms with E-state index in [4.69, 9.17) is 0 Å². The van der Waals surface area contributed by atoms with E-state index in [0.29, 0.717) is 50.5 Å². The third-order valence-corrected chi connectivity index (χ3v) is 6.93. The quantitative estimate of drug-likeness (QED) is 0.517. The number of hydrogen-bond donors (Lipinski definition) is 2. The second kappa shape index (κ2) is 11.3. The number of piperazine rings is 1. The summed E-state index contributed by atoms with van der Waals surface area (Å²) in [6.45, 7) is 3.51. The lowest BCUT2D eigenvalue weighted by Crippen LogP contribution is -2.50. The highest BCUT2D eigenvalue weighted by molar-refractivity contribution is 6.06. The molecule has 4 amide bonds. The first-order valence-electron chi connectivity index (χ1n) is 12.8. The predicted octanol–water partition coefficient (Wildman–Crippen LogP) is 4.67.